The first kappa shape index (κ1) is 12.5. The molecule has 3 aromatic rings. The Morgan fingerprint density at radius 2 is 1.86 bits per heavy atom. The van der Waals surface area contributed by atoms with Crippen LogP contribution in [0.15, 0.2) is 53.0 Å². The molecule has 0 atom stereocenters. The predicted molar refractivity (Wildman–Crippen MR) is 83.3 cm³/mol. The van der Waals surface area contributed by atoms with Crippen molar-refractivity contribution in [2.24, 2.45) is 0 Å². The molecule has 104 valence electrons. The number of rotatable bonds is 2. The van der Waals surface area contributed by atoms with Crippen molar-refractivity contribution in [1.82, 2.24) is 10.2 Å². The van der Waals surface area contributed by atoms with Crippen LogP contribution in [0.4, 0.5) is 0 Å². The Labute approximate surface area is 129 Å². The van der Waals surface area contributed by atoms with Crippen molar-refractivity contribution in [2.75, 3.05) is 6.79 Å². The standard InChI is InChI=1S/C16H11BrN2O2/c17-12-3-1-2-10(6-12)13-8-14(19-18-13)11-4-5-15-16(7-11)21-9-20-15/h1-8H,9H2,(H,18,19). The molecule has 0 saturated heterocycles. The molecule has 21 heavy (non-hydrogen) atoms. The van der Waals surface area contributed by atoms with Gasteiger partial charge >= 0.3 is 0 Å². The maximum absolute atomic E-state index is 5.40. The van der Waals surface area contributed by atoms with Gasteiger partial charge in [0, 0.05) is 15.6 Å². The largest absolute Gasteiger partial charge is 0.454 e. The fourth-order valence-corrected chi connectivity index (χ4v) is 2.73. The van der Waals surface area contributed by atoms with Crippen LogP contribution in [0.25, 0.3) is 22.5 Å². The van der Waals surface area contributed by atoms with Crippen LogP contribution in [0, 0.1) is 0 Å². The zero-order valence-corrected chi connectivity index (χ0v) is 12.6. The number of ether oxygens (including phenoxy) is 2. The van der Waals surface area contributed by atoms with Gasteiger partial charge in [-0.05, 0) is 36.4 Å². The molecule has 0 radical (unpaired) electrons. The van der Waals surface area contributed by atoms with Crippen molar-refractivity contribution in [3.63, 3.8) is 0 Å². The van der Waals surface area contributed by atoms with E-state index in [4.69, 9.17) is 9.47 Å². The van der Waals surface area contributed by atoms with E-state index in [1.54, 1.807) is 0 Å². The number of H-pyrrole nitrogens is 1. The first-order chi connectivity index (χ1) is 10.3. The third-order valence-electron chi connectivity index (χ3n) is 3.38. The lowest BCUT2D eigenvalue weighted by Gasteiger charge is -1.99. The van der Waals surface area contributed by atoms with Gasteiger partial charge in [0.25, 0.3) is 0 Å². The fourth-order valence-electron chi connectivity index (χ4n) is 2.33. The van der Waals surface area contributed by atoms with Gasteiger partial charge < -0.3 is 9.47 Å². The first-order valence-corrected chi connectivity index (χ1v) is 7.30. The molecule has 1 aromatic heterocycles. The van der Waals surface area contributed by atoms with Gasteiger partial charge in [-0.2, -0.15) is 5.10 Å². The molecule has 0 spiro atoms. The minimum atomic E-state index is 0.280. The molecule has 0 unspecified atom stereocenters. The molecule has 1 N–H and O–H groups in total. The summed E-state index contributed by atoms with van der Waals surface area (Å²) in [5, 5.41) is 7.45. The zero-order chi connectivity index (χ0) is 14.2. The van der Waals surface area contributed by atoms with Gasteiger partial charge in [-0.3, -0.25) is 5.10 Å². The second-order valence-electron chi connectivity index (χ2n) is 4.75. The van der Waals surface area contributed by atoms with Gasteiger partial charge in [0.1, 0.15) is 0 Å². The van der Waals surface area contributed by atoms with Crippen molar-refractivity contribution in [3.8, 4) is 34.0 Å². The quantitative estimate of drug-likeness (QED) is 0.757. The average Bonchev–Trinajstić information content (AvgIpc) is 3.15. The molecule has 1 aliphatic heterocycles. The number of hydrogen-bond acceptors (Lipinski definition) is 3. The van der Waals surface area contributed by atoms with Crippen LogP contribution in [-0.4, -0.2) is 17.0 Å². The molecule has 0 aliphatic carbocycles. The molecule has 1 aliphatic rings. The molecule has 2 heterocycles. The topological polar surface area (TPSA) is 47.1 Å². The summed E-state index contributed by atoms with van der Waals surface area (Å²) in [7, 11) is 0. The van der Waals surface area contributed by atoms with Crippen LogP contribution in [-0.2, 0) is 0 Å². The highest BCUT2D eigenvalue weighted by Crippen LogP contribution is 2.36. The summed E-state index contributed by atoms with van der Waals surface area (Å²) in [6, 6.07) is 16.0. The molecule has 4 rings (SSSR count). The Balaban J connectivity index is 1.71. The van der Waals surface area contributed by atoms with E-state index in [1.807, 2.05) is 42.5 Å². The highest BCUT2D eigenvalue weighted by Gasteiger charge is 2.15. The third kappa shape index (κ3) is 2.29. The van der Waals surface area contributed by atoms with Crippen molar-refractivity contribution in [1.29, 1.82) is 0 Å². The van der Waals surface area contributed by atoms with Crippen LogP contribution in [0.5, 0.6) is 11.5 Å². The lowest BCUT2D eigenvalue weighted by molar-refractivity contribution is 0.174. The van der Waals surface area contributed by atoms with Crippen molar-refractivity contribution in [2.45, 2.75) is 0 Å². The normalized spacial score (nSPS) is 12.6. The number of nitrogens with zero attached hydrogens (tertiary/aromatic N) is 1. The van der Waals surface area contributed by atoms with E-state index in [0.29, 0.717) is 0 Å². The van der Waals surface area contributed by atoms with E-state index in [2.05, 4.69) is 32.2 Å². The van der Waals surface area contributed by atoms with Gasteiger partial charge in [0.2, 0.25) is 6.79 Å². The Morgan fingerprint density at radius 1 is 0.952 bits per heavy atom. The van der Waals surface area contributed by atoms with Gasteiger partial charge in [-0.15, -0.1) is 0 Å². The smallest absolute Gasteiger partial charge is 0.231 e. The number of hydrogen-bond donors (Lipinski definition) is 1. The number of aromatic nitrogens is 2. The molecule has 0 bridgehead atoms. The summed E-state index contributed by atoms with van der Waals surface area (Å²) < 4.78 is 11.8. The average molecular weight is 343 g/mol. The van der Waals surface area contributed by atoms with Crippen LogP contribution in [0.2, 0.25) is 0 Å². The molecule has 0 fully saturated rings. The lowest BCUT2D eigenvalue weighted by atomic mass is 10.1. The Hall–Kier alpha value is -2.27. The van der Waals surface area contributed by atoms with E-state index in [-0.39, 0.29) is 6.79 Å². The van der Waals surface area contributed by atoms with E-state index in [0.717, 1.165) is 38.5 Å². The fraction of sp³-hybridized carbons (Fsp3) is 0.0625. The zero-order valence-electron chi connectivity index (χ0n) is 11.0. The number of nitrogens with one attached hydrogen (secondary N) is 1. The maximum Gasteiger partial charge on any atom is 0.231 e. The summed E-state index contributed by atoms with van der Waals surface area (Å²) >= 11 is 3.48. The molecular weight excluding hydrogens is 332 g/mol. The highest BCUT2D eigenvalue weighted by molar-refractivity contribution is 9.10. The number of benzene rings is 2. The van der Waals surface area contributed by atoms with Crippen molar-refractivity contribution in [3.05, 3.63) is 53.0 Å². The van der Waals surface area contributed by atoms with Crippen LogP contribution in [0.3, 0.4) is 0 Å². The van der Waals surface area contributed by atoms with Crippen LogP contribution < -0.4 is 9.47 Å². The van der Waals surface area contributed by atoms with E-state index >= 15 is 0 Å². The summed E-state index contributed by atoms with van der Waals surface area (Å²) in [6.45, 7) is 0.280. The lowest BCUT2D eigenvalue weighted by Crippen LogP contribution is -1.92. The monoisotopic (exact) mass is 342 g/mol. The summed E-state index contributed by atoms with van der Waals surface area (Å²) in [4.78, 5) is 0. The molecule has 0 saturated carbocycles. The number of aromatic amines is 1. The van der Waals surface area contributed by atoms with Gasteiger partial charge in [0.05, 0.1) is 11.4 Å². The molecule has 4 nitrogen and oxygen atoms in total. The minimum absolute atomic E-state index is 0.280. The predicted octanol–water partition coefficient (Wildman–Crippen LogP) is 4.23. The number of halogens is 1. The van der Waals surface area contributed by atoms with Gasteiger partial charge in [-0.1, -0.05) is 28.1 Å². The minimum Gasteiger partial charge on any atom is -0.454 e. The summed E-state index contributed by atoms with van der Waals surface area (Å²) in [5.41, 5.74) is 3.94. The van der Waals surface area contributed by atoms with Gasteiger partial charge in [0.15, 0.2) is 11.5 Å². The van der Waals surface area contributed by atoms with Gasteiger partial charge in [-0.25, -0.2) is 0 Å². The Morgan fingerprint density at radius 3 is 2.76 bits per heavy atom. The van der Waals surface area contributed by atoms with Crippen molar-refractivity contribution < 1.29 is 9.47 Å². The van der Waals surface area contributed by atoms with E-state index in [9.17, 15) is 0 Å². The highest BCUT2D eigenvalue weighted by atomic mass is 79.9. The van der Waals surface area contributed by atoms with Crippen LogP contribution in [0.1, 0.15) is 0 Å². The molecular formula is C16H11BrN2O2. The second-order valence-corrected chi connectivity index (χ2v) is 5.66. The number of fused-ring (bicyclic) bond motifs is 1. The Bertz CT molecular complexity index is 814. The third-order valence-corrected chi connectivity index (χ3v) is 3.88. The molecule has 5 heteroatoms. The van der Waals surface area contributed by atoms with Crippen LogP contribution >= 0.6 is 15.9 Å². The maximum atomic E-state index is 5.40. The summed E-state index contributed by atoms with van der Waals surface area (Å²) in [5.74, 6) is 1.54. The molecule has 2 aromatic carbocycles. The second kappa shape index (κ2) is 4.93. The Kier molecular flexibility index (Phi) is 2.93. The SMILES string of the molecule is Brc1cccc(-c2cc(-c3ccc4c(c3)OCO4)n[nH]2)c1. The molecule has 0 amide bonds. The first-order valence-electron chi connectivity index (χ1n) is 6.51. The van der Waals surface area contributed by atoms with E-state index in [1.165, 1.54) is 0 Å². The van der Waals surface area contributed by atoms with E-state index < -0.39 is 0 Å². The summed E-state index contributed by atoms with van der Waals surface area (Å²) in [6.07, 6.45) is 0. The van der Waals surface area contributed by atoms with Crippen molar-refractivity contribution >= 4 is 15.9 Å².